The quantitative estimate of drug-likeness (QED) is 0.114. The lowest BCUT2D eigenvalue weighted by Crippen LogP contribution is -2.70. The second-order valence-corrected chi connectivity index (χ2v) is 21.2. The van der Waals surface area contributed by atoms with Gasteiger partial charge in [0.25, 0.3) is 0 Å². The topological polar surface area (TPSA) is 205 Å². The Hall–Kier alpha value is -6.77. The molecular formula is C53H63N11O6. The number of amides is 4. The molecule has 0 unspecified atom stereocenters. The number of aromatic nitrogens is 5. The Kier molecular flexibility index (Phi) is 12.4. The molecule has 366 valence electrons. The van der Waals surface area contributed by atoms with Crippen LogP contribution in [0.25, 0.3) is 22.3 Å². The second-order valence-electron chi connectivity index (χ2n) is 21.2. The minimum Gasteiger partial charge on any atom is -0.507 e. The number of terminal acetylenes is 1. The summed E-state index contributed by atoms with van der Waals surface area (Å²) in [4.78, 5) is 62.9. The molecule has 4 aliphatic heterocycles. The van der Waals surface area contributed by atoms with E-state index in [-0.39, 0.29) is 42.7 Å². The number of likely N-dealkylation sites (tertiary alicyclic amines) is 3. The number of nitrogens with zero attached hydrogens (tertiary/aromatic N) is 8. The van der Waals surface area contributed by atoms with Crippen LogP contribution in [-0.2, 0) is 22.6 Å². The summed E-state index contributed by atoms with van der Waals surface area (Å²) in [5, 5.41) is 37.0. The van der Waals surface area contributed by atoms with E-state index in [1.54, 1.807) is 35.2 Å². The van der Waals surface area contributed by atoms with Crippen LogP contribution in [0, 0.1) is 23.2 Å². The standard InChI is InChI=1S/C53H63N11O6/c1-7-32-12-13-34(44(20-32)70-6)25-54-48(67)42-21-37(65)28-64(42)49(68)46(52(3,4)5)58-51(69)62-29-53(30-62)23-36(24-53)61-17-14-33(15-18-61)35-26-55-50(56-27-35)63-19-16-40-45(31(63)2)39-22-41(59-60-47(39)57-40)38-10-8-9-11-43(38)66/h1,8-13,20,22,26-27,31,33,36-37,42,46,65-66H,14-19,21,23-25,28-30H2,2-6H3,(H,54,67)(H,57,60)(H,58,69)/t31-,37-,42+,46-/m1/s1. The van der Waals surface area contributed by atoms with Gasteiger partial charge in [0.2, 0.25) is 17.8 Å². The van der Waals surface area contributed by atoms with Crippen molar-refractivity contribution in [3.05, 3.63) is 88.9 Å². The van der Waals surface area contributed by atoms with Crippen molar-refractivity contribution in [2.24, 2.45) is 10.8 Å². The number of aliphatic hydroxyl groups is 1. The maximum absolute atomic E-state index is 14.2. The summed E-state index contributed by atoms with van der Waals surface area (Å²) < 4.78 is 5.47. The third-order valence-corrected chi connectivity index (χ3v) is 15.6. The van der Waals surface area contributed by atoms with E-state index in [1.165, 1.54) is 17.6 Å². The number of H-pyrrole nitrogens is 1. The Labute approximate surface area is 408 Å². The van der Waals surface area contributed by atoms with Crippen LogP contribution >= 0.6 is 0 Å². The zero-order valence-electron chi connectivity index (χ0n) is 40.6. The van der Waals surface area contributed by atoms with Gasteiger partial charge in [0.1, 0.15) is 23.6 Å². The fraction of sp³-hybridized carbons (Fsp3) is 0.491. The zero-order valence-corrected chi connectivity index (χ0v) is 40.6. The van der Waals surface area contributed by atoms with E-state index in [9.17, 15) is 24.6 Å². The molecule has 2 aromatic carbocycles. The van der Waals surface area contributed by atoms with Crippen LogP contribution < -0.4 is 20.3 Å². The summed E-state index contributed by atoms with van der Waals surface area (Å²) >= 11 is 0. The predicted octanol–water partition coefficient (Wildman–Crippen LogP) is 5.28. The largest absolute Gasteiger partial charge is 0.507 e. The number of nitrogens with one attached hydrogen (secondary N) is 3. The molecule has 1 spiro atoms. The number of hydrogen-bond acceptors (Lipinski definition) is 12. The molecule has 0 radical (unpaired) electrons. The van der Waals surface area contributed by atoms with Crippen LogP contribution in [-0.4, -0.2) is 139 Å². The number of fused-ring (bicyclic) bond motifs is 3. The molecule has 0 bridgehead atoms. The van der Waals surface area contributed by atoms with Crippen LogP contribution in [0.2, 0.25) is 0 Å². The predicted molar refractivity (Wildman–Crippen MR) is 264 cm³/mol. The number of para-hydroxylation sites is 1. The number of aromatic hydroxyl groups is 1. The number of β-amino-alcohol motifs (C(OH)–C–C–N with tert-alkyl or cyclic N) is 1. The number of phenols is 1. The lowest BCUT2D eigenvalue weighted by molar-refractivity contribution is -0.142. The van der Waals surface area contributed by atoms with Crippen molar-refractivity contribution in [2.45, 2.75) is 109 Å². The normalized spacial score (nSPS) is 22.0. The number of ether oxygens (including phenoxy) is 1. The molecule has 7 heterocycles. The minimum absolute atomic E-state index is 0.000505. The van der Waals surface area contributed by atoms with Crippen LogP contribution in [0.3, 0.4) is 0 Å². The minimum atomic E-state index is -0.907. The number of methoxy groups -OCH3 is 1. The number of carbonyl (C=O) groups excluding carboxylic acids is 3. The van der Waals surface area contributed by atoms with Crippen LogP contribution in [0.4, 0.5) is 10.7 Å². The number of rotatable bonds is 10. The van der Waals surface area contributed by atoms with Crippen molar-refractivity contribution < 1.29 is 29.3 Å². The number of aromatic amines is 1. The molecule has 4 amide bonds. The van der Waals surface area contributed by atoms with E-state index in [1.807, 2.05) is 51.4 Å². The van der Waals surface area contributed by atoms with Gasteiger partial charge in [-0.15, -0.1) is 16.6 Å². The lowest BCUT2D eigenvalue weighted by Gasteiger charge is -2.61. The van der Waals surface area contributed by atoms with Crippen LogP contribution in [0.5, 0.6) is 11.5 Å². The molecule has 5 N–H and O–H groups in total. The average molecular weight is 950 g/mol. The summed E-state index contributed by atoms with van der Waals surface area (Å²) in [5.41, 5.74) is 6.29. The Morgan fingerprint density at radius 3 is 2.47 bits per heavy atom. The highest BCUT2D eigenvalue weighted by atomic mass is 16.5. The highest BCUT2D eigenvalue weighted by molar-refractivity contribution is 5.93. The molecule has 5 aromatic rings. The van der Waals surface area contributed by atoms with E-state index in [0.717, 1.165) is 79.6 Å². The third kappa shape index (κ3) is 8.87. The highest BCUT2D eigenvalue weighted by Crippen LogP contribution is 2.51. The molecule has 3 aromatic heterocycles. The summed E-state index contributed by atoms with van der Waals surface area (Å²) in [7, 11) is 1.53. The molecular weight excluding hydrogens is 887 g/mol. The number of anilines is 1. The van der Waals surface area contributed by atoms with Crippen molar-refractivity contribution in [2.75, 3.05) is 51.3 Å². The average Bonchev–Trinajstić information content (AvgIpc) is 3.92. The molecule has 4 atom stereocenters. The summed E-state index contributed by atoms with van der Waals surface area (Å²) in [6.45, 7) is 12.1. The Morgan fingerprint density at radius 1 is 1.03 bits per heavy atom. The first-order chi connectivity index (χ1) is 33.6. The first-order valence-electron chi connectivity index (χ1n) is 24.6. The SMILES string of the molecule is C#Cc1ccc(CNC(=O)[C@@H]2C[C@@H](O)CN2C(=O)[C@@H](NC(=O)N2CC3(CC(N4CCC(c5cnc(N6CCc7[nH]c8nnc(-c9ccccc9O)cc8c7[C@H]6C)nc5)CC4)C3)C2)C(C)(C)C)c(OC)c1. The molecule has 5 aliphatic rings. The summed E-state index contributed by atoms with van der Waals surface area (Å²) in [6, 6.07) is 12.9. The smallest absolute Gasteiger partial charge is 0.318 e. The lowest BCUT2D eigenvalue weighted by atomic mass is 9.60. The third-order valence-electron chi connectivity index (χ3n) is 15.6. The molecule has 10 rings (SSSR count). The number of benzene rings is 2. The molecule has 17 nitrogen and oxygen atoms in total. The molecule has 1 aliphatic carbocycles. The van der Waals surface area contributed by atoms with Crippen LogP contribution in [0.15, 0.2) is 60.9 Å². The molecule has 1 saturated carbocycles. The van der Waals surface area contributed by atoms with Gasteiger partial charge < -0.3 is 50.2 Å². The molecule has 3 saturated heterocycles. The van der Waals surface area contributed by atoms with Gasteiger partial charge in [-0.25, -0.2) is 14.8 Å². The van der Waals surface area contributed by atoms with Gasteiger partial charge in [-0.1, -0.05) is 44.9 Å². The Balaban J connectivity index is 0.695. The fourth-order valence-electron chi connectivity index (χ4n) is 11.7. The van der Waals surface area contributed by atoms with Gasteiger partial charge in [-0.05, 0) is 92.9 Å². The van der Waals surface area contributed by atoms with Gasteiger partial charge in [0.05, 0.1) is 24.9 Å². The van der Waals surface area contributed by atoms with Gasteiger partial charge in [0, 0.05) is 103 Å². The van der Waals surface area contributed by atoms with Crippen molar-refractivity contribution in [3.63, 3.8) is 0 Å². The zero-order chi connectivity index (χ0) is 49.1. The van der Waals surface area contributed by atoms with Crippen molar-refractivity contribution in [1.82, 2.24) is 50.5 Å². The monoisotopic (exact) mass is 949 g/mol. The molecule has 70 heavy (non-hydrogen) atoms. The number of hydrogen-bond donors (Lipinski definition) is 5. The van der Waals surface area contributed by atoms with Gasteiger partial charge in [-0.3, -0.25) is 9.59 Å². The van der Waals surface area contributed by atoms with Crippen LogP contribution in [0.1, 0.15) is 99.7 Å². The van der Waals surface area contributed by atoms with Gasteiger partial charge >= 0.3 is 6.03 Å². The van der Waals surface area contributed by atoms with E-state index < -0.39 is 35.4 Å². The first kappa shape index (κ1) is 46.9. The Bertz CT molecular complexity index is 2830. The summed E-state index contributed by atoms with van der Waals surface area (Å²) in [5.74, 6) is 3.60. The Morgan fingerprint density at radius 2 is 1.77 bits per heavy atom. The van der Waals surface area contributed by atoms with E-state index in [2.05, 4.69) is 48.5 Å². The second kappa shape index (κ2) is 18.5. The number of aliphatic hydroxyl groups excluding tert-OH is 1. The number of piperidine rings is 1. The van der Waals surface area contributed by atoms with Gasteiger partial charge in [-0.2, -0.15) is 0 Å². The van der Waals surface area contributed by atoms with E-state index in [0.29, 0.717) is 53.6 Å². The van der Waals surface area contributed by atoms with Crippen molar-refractivity contribution >= 4 is 34.8 Å². The van der Waals surface area contributed by atoms with Gasteiger partial charge in [0.15, 0.2) is 5.65 Å². The van der Waals surface area contributed by atoms with E-state index in [4.69, 9.17) is 21.1 Å². The maximum atomic E-state index is 14.2. The first-order valence-corrected chi connectivity index (χ1v) is 24.6. The molecule has 17 heteroatoms. The molecule has 4 fully saturated rings. The number of carbonyl (C=O) groups is 3. The highest BCUT2D eigenvalue weighted by Gasteiger charge is 2.56. The number of urea groups is 1. The summed E-state index contributed by atoms with van der Waals surface area (Å²) in [6.07, 6.45) is 13.7. The van der Waals surface area contributed by atoms with Crippen molar-refractivity contribution in [1.29, 1.82) is 0 Å². The van der Waals surface area contributed by atoms with Crippen molar-refractivity contribution in [3.8, 4) is 35.1 Å². The maximum Gasteiger partial charge on any atom is 0.318 e. The number of phenolic OH excluding ortho intramolecular Hbond substituents is 1. The fourth-order valence-corrected chi connectivity index (χ4v) is 11.7. The van der Waals surface area contributed by atoms with E-state index >= 15 is 0 Å².